The van der Waals surface area contributed by atoms with Gasteiger partial charge in [0.1, 0.15) is 0 Å². The van der Waals surface area contributed by atoms with Gasteiger partial charge in [0, 0.05) is 12.4 Å². The summed E-state index contributed by atoms with van der Waals surface area (Å²) in [5.74, 6) is -0.521. The van der Waals surface area contributed by atoms with Crippen LogP contribution in [0, 0.1) is 18.3 Å². The zero-order valence-corrected chi connectivity index (χ0v) is 9.65. The molecule has 0 radical (unpaired) electrons. The lowest BCUT2D eigenvalue weighted by Gasteiger charge is -2.21. The molecule has 0 saturated carbocycles. The lowest BCUT2D eigenvalue weighted by molar-refractivity contribution is -0.147. The van der Waals surface area contributed by atoms with Crippen LogP contribution in [0.2, 0.25) is 0 Å². The Morgan fingerprint density at radius 2 is 2.38 bits per heavy atom. The van der Waals surface area contributed by atoms with Crippen LogP contribution in [0.25, 0.3) is 0 Å². The van der Waals surface area contributed by atoms with E-state index in [1.165, 1.54) is 0 Å². The Balaban J connectivity index is 3.21. The second-order valence-corrected chi connectivity index (χ2v) is 3.65. The second-order valence-electron chi connectivity index (χ2n) is 3.65. The highest BCUT2D eigenvalue weighted by atomic mass is 16.5. The molecule has 1 aromatic heterocycles. The Morgan fingerprint density at radius 1 is 1.69 bits per heavy atom. The van der Waals surface area contributed by atoms with Gasteiger partial charge in [-0.2, -0.15) is 5.26 Å². The summed E-state index contributed by atoms with van der Waals surface area (Å²) in [5.41, 5.74) is 0.186. The van der Waals surface area contributed by atoms with Crippen LogP contribution in [-0.2, 0) is 14.9 Å². The summed E-state index contributed by atoms with van der Waals surface area (Å²) < 4.78 is 4.93. The number of aromatic nitrogens is 1. The van der Waals surface area contributed by atoms with Crippen LogP contribution < -0.4 is 0 Å². The maximum Gasteiger partial charge on any atom is 0.330 e. The van der Waals surface area contributed by atoms with Crippen molar-refractivity contribution < 1.29 is 9.53 Å². The largest absolute Gasteiger partial charge is 0.465 e. The molecule has 84 valence electrons. The minimum Gasteiger partial charge on any atom is -0.465 e. The van der Waals surface area contributed by atoms with Gasteiger partial charge in [-0.3, -0.25) is 4.98 Å². The van der Waals surface area contributed by atoms with Crippen LogP contribution in [0.4, 0.5) is 0 Å². The highest BCUT2D eigenvalue weighted by Gasteiger charge is 2.38. The van der Waals surface area contributed by atoms with E-state index in [0.717, 1.165) is 5.56 Å². The third-order valence-corrected chi connectivity index (χ3v) is 2.47. The molecule has 0 aromatic carbocycles. The quantitative estimate of drug-likeness (QED) is 0.725. The first-order valence-corrected chi connectivity index (χ1v) is 5.05. The summed E-state index contributed by atoms with van der Waals surface area (Å²) in [4.78, 5) is 15.7. The van der Waals surface area contributed by atoms with Crippen LogP contribution >= 0.6 is 0 Å². The highest BCUT2D eigenvalue weighted by molar-refractivity contribution is 5.86. The number of carbonyl (C=O) groups is 1. The lowest BCUT2D eigenvalue weighted by Crippen LogP contribution is -2.33. The van der Waals surface area contributed by atoms with Gasteiger partial charge in [-0.25, -0.2) is 4.79 Å². The molecule has 0 aliphatic carbocycles. The number of nitriles is 1. The number of hydrogen-bond acceptors (Lipinski definition) is 4. The fraction of sp³-hybridized carbons (Fsp3) is 0.417. The highest BCUT2D eigenvalue weighted by Crippen LogP contribution is 2.26. The number of nitrogens with zero attached hydrogens (tertiary/aromatic N) is 2. The van der Waals surface area contributed by atoms with Crippen molar-refractivity contribution in [1.82, 2.24) is 4.98 Å². The molecule has 1 rings (SSSR count). The molecule has 0 aliphatic heterocycles. The van der Waals surface area contributed by atoms with Gasteiger partial charge >= 0.3 is 5.97 Å². The standard InChI is InChI=1S/C12H14N2O2/c1-4-16-11(15)12(3,8-13)10-5-6-14-7-9(10)2/h5-7H,4H2,1-3H3. The van der Waals surface area contributed by atoms with Gasteiger partial charge in [0.2, 0.25) is 0 Å². The second kappa shape index (κ2) is 4.75. The normalized spacial score (nSPS) is 13.6. The average molecular weight is 218 g/mol. The number of ether oxygens (including phenoxy) is 1. The van der Waals surface area contributed by atoms with Crippen molar-refractivity contribution in [2.24, 2.45) is 0 Å². The van der Waals surface area contributed by atoms with Gasteiger partial charge in [0.15, 0.2) is 5.41 Å². The van der Waals surface area contributed by atoms with E-state index in [2.05, 4.69) is 4.98 Å². The van der Waals surface area contributed by atoms with Crippen molar-refractivity contribution in [3.8, 4) is 6.07 Å². The third-order valence-electron chi connectivity index (χ3n) is 2.47. The number of carbonyl (C=O) groups excluding carboxylic acids is 1. The molecule has 0 bridgehead atoms. The molecule has 1 aromatic rings. The van der Waals surface area contributed by atoms with E-state index in [-0.39, 0.29) is 6.61 Å². The van der Waals surface area contributed by atoms with Crippen molar-refractivity contribution in [1.29, 1.82) is 5.26 Å². The molecule has 0 N–H and O–H groups in total. The van der Waals surface area contributed by atoms with Crippen molar-refractivity contribution in [3.05, 3.63) is 29.6 Å². The monoisotopic (exact) mass is 218 g/mol. The fourth-order valence-electron chi connectivity index (χ4n) is 1.53. The van der Waals surface area contributed by atoms with E-state index in [9.17, 15) is 10.1 Å². The summed E-state index contributed by atoms with van der Waals surface area (Å²) in [6, 6.07) is 3.69. The number of hydrogen-bond donors (Lipinski definition) is 0. The van der Waals surface area contributed by atoms with Crippen LogP contribution in [-0.4, -0.2) is 17.6 Å². The molecule has 1 atom stereocenters. The van der Waals surface area contributed by atoms with E-state index in [0.29, 0.717) is 5.56 Å². The number of esters is 1. The van der Waals surface area contributed by atoms with Crippen LogP contribution in [0.1, 0.15) is 25.0 Å². The van der Waals surface area contributed by atoms with Gasteiger partial charge in [0.25, 0.3) is 0 Å². The Labute approximate surface area is 94.9 Å². The fourth-order valence-corrected chi connectivity index (χ4v) is 1.53. The van der Waals surface area contributed by atoms with Crippen molar-refractivity contribution >= 4 is 5.97 Å². The Bertz CT molecular complexity index is 437. The van der Waals surface area contributed by atoms with E-state index in [1.807, 2.05) is 13.0 Å². The predicted octanol–water partition coefficient (Wildman–Crippen LogP) is 1.73. The summed E-state index contributed by atoms with van der Waals surface area (Å²) in [6.07, 6.45) is 3.20. The van der Waals surface area contributed by atoms with E-state index in [4.69, 9.17) is 4.74 Å². The van der Waals surface area contributed by atoms with Crippen LogP contribution in [0.15, 0.2) is 18.5 Å². The van der Waals surface area contributed by atoms with Gasteiger partial charge in [-0.1, -0.05) is 0 Å². The smallest absolute Gasteiger partial charge is 0.330 e. The predicted molar refractivity (Wildman–Crippen MR) is 58.6 cm³/mol. The maximum atomic E-state index is 11.8. The molecule has 0 amide bonds. The molecule has 4 nitrogen and oxygen atoms in total. The minimum atomic E-state index is -1.26. The Hall–Kier alpha value is -1.89. The molecule has 0 aliphatic rings. The SMILES string of the molecule is CCOC(=O)C(C)(C#N)c1ccncc1C. The first-order chi connectivity index (χ1) is 7.56. The summed E-state index contributed by atoms with van der Waals surface area (Å²) in [6.45, 7) is 5.36. The maximum absolute atomic E-state index is 11.8. The van der Waals surface area contributed by atoms with Crippen molar-refractivity contribution in [2.75, 3.05) is 6.61 Å². The third kappa shape index (κ3) is 2.03. The zero-order chi connectivity index (χ0) is 12.2. The summed E-state index contributed by atoms with van der Waals surface area (Å²) in [5, 5.41) is 9.19. The molecule has 0 spiro atoms. The minimum absolute atomic E-state index is 0.264. The number of aryl methyl sites for hydroxylation is 1. The first kappa shape index (κ1) is 12.2. The van der Waals surface area contributed by atoms with Crippen molar-refractivity contribution in [2.45, 2.75) is 26.2 Å². The van der Waals surface area contributed by atoms with Crippen LogP contribution in [0.5, 0.6) is 0 Å². The van der Waals surface area contributed by atoms with E-state index >= 15 is 0 Å². The van der Waals surface area contributed by atoms with Gasteiger partial charge in [-0.05, 0) is 38.0 Å². The zero-order valence-electron chi connectivity index (χ0n) is 9.65. The summed E-state index contributed by atoms with van der Waals surface area (Å²) >= 11 is 0. The molecule has 4 heteroatoms. The van der Waals surface area contributed by atoms with Gasteiger partial charge in [-0.15, -0.1) is 0 Å². The molecule has 0 fully saturated rings. The number of rotatable bonds is 3. The van der Waals surface area contributed by atoms with E-state index in [1.54, 1.807) is 32.3 Å². The molecule has 16 heavy (non-hydrogen) atoms. The first-order valence-electron chi connectivity index (χ1n) is 5.05. The van der Waals surface area contributed by atoms with Crippen LogP contribution in [0.3, 0.4) is 0 Å². The van der Waals surface area contributed by atoms with E-state index < -0.39 is 11.4 Å². The Kier molecular flexibility index (Phi) is 3.62. The molecule has 0 saturated heterocycles. The average Bonchev–Trinajstić information content (AvgIpc) is 2.29. The van der Waals surface area contributed by atoms with Gasteiger partial charge < -0.3 is 4.74 Å². The lowest BCUT2D eigenvalue weighted by atomic mass is 9.82. The Morgan fingerprint density at radius 3 is 2.88 bits per heavy atom. The molecular formula is C12H14N2O2. The van der Waals surface area contributed by atoms with Gasteiger partial charge in [0.05, 0.1) is 12.7 Å². The van der Waals surface area contributed by atoms with Crippen molar-refractivity contribution in [3.63, 3.8) is 0 Å². The molecule has 1 unspecified atom stereocenters. The molecular weight excluding hydrogens is 204 g/mol. The summed E-state index contributed by atoms with van der Waals surface area (Å²) in [7, 11) is 0. The number of pyridine rings is 1. The topological polar surface area (TPSA) is 63.0 Å². The molecule has 1 heterocycles.